The molecule has 0 aliphatic carbocycles. The van der Waals surface area contributed by atoms with Crippen LogP contribution < -0.4 is 0 Å². The van der Waals surface area contributed by atoms with E-state index in [9.17, 15) is 4.39 Å². The summed E-state index contributed by atoms with van der Waals surface area (Å²) in [4.78, 5) is 4.07. The molecule has 0 aliphatic heterocycles. The van der Waals surface area contributed by atoms with Gasteiger partial charge in [0.05, 0.1) is 11.5 Å². The van der Waals surface area contributed by atoms with Crippen LogP contribution in [-0.2, 0) is 26.8 Å². The number of alkyl halides is 1. The molecule has 2 rings (SSSR count). The molecule has 2 aromatic rings. The Morgan fingerprint density at radius 3 is 2.87 bits per heavy atom. The Labute approximate surface area is 101 Å². The normalized spacial score (nSPS) is 9.73. The summed E-state index contributed by atoms with van der Waals surface area (Å²) in [5.74, 6) is 0.591. The minimum atomic E-state index is -0.561. The van der Waals surface area contributed by atoms with Crippen LogP contribution in [0.2, 0.25) is 0 Å². The average Bonchev–Trinajstić information content (AvgIpc) is 2.65. The molecule has 0 unspecified atom stereocenters. The third-order valence-electron chi connectivity index (χ3n) is 1.80. The van der Waals surface area contributed by atoms with E-state index in [-0.39, 0.29) is 20.1 Å². The van der Waals surface area contributed by atoms with Crippen molar-refractivity contribution in [2.75, 3.05) is 0 Å². The Morgan fingerprint density at radius 1 is 1.47 bits per heavy atom. The maximum absolute atomic E-state index is 12.3. The van der Waals surface area contributed by atoms with Crippen molar-refractivity contribution in [2.45, 2.75) is 13.6 Å². The fourth-order valence-corrected chi connectivity index (χ4v) is 1.15. The summed E-state index contributed by atoms with van der Waals surface area (Å²) in [6, 6.07) is 6.91. The Kier molecular flexibility index (Phi) is 4.12. The van der Waals surface area contributed by atoms with Crippen LogP contribution in [0.15, 0.2) is 24.3 Å². The van der Waals surface area contributed by atoms with Crippen molar-refractivity contribution in [3.63, 3.8) is 0 Å². The van der Waals surface area contributed by atoms with Crippen molar-refractivity contribution in [3.8, 4) is 5.82 Å². The molecule has 81 valence electrons. The van der Waals surface area contributed by atoms with Crippen molar-refractivity contribution < 1.29 is 24.5 Å². The van der Waals surface area contributed by atoms with Crippen LogP contribution in [0.4, 0.5) is 4.39 Å². The third-order valence-corrected chi connectivity index (χ3v) is 1.80. The van der Waals surface area contributed by atoms with Crippen LogP contribution >= 0.6 is 0 Å². The first-order valence-electron chi connectivity index (χ1n) is 4.26. The Morgan fingerprint density at radius 2 is 2.27 bits per heavy atom. The fourth-order valence-electron chi connectivity index (χ4n) is 1.15. The topological polar surface area (TPSA) is 30.7 Å². The number of rotatable bonds is 2. The number of hydrogen-bond acceptors (Lipinski definition) is 2. The van der Waals surface area contributed by atoms with E-state index in [1.165, 1.54) is 4.68 Å². The van der Waals surface area contributed by atoms with E-state index in [1.807, 2.05) is 6.92 Å². The predicted molar refractivity (Wildman–Crippen MR) is 49.7 cm³/mol. The second-order valence-corrected chi connectivity index (χ2v) is 2.95. The van der Waals surface area contributed by atoms with Gasteiger partial charge in [0.1, 0.15) is 6.67 Å². The van der Waals surface area contributed by atoms with Crippen molar-refractivity contribution in [1.82, 2.24) is 14.8 Å². The summed E-state index contributed by atoms with van der Waals surface area (Å²) >= 11 is 0. The molecule has 2 aromatic heterocycles. The minimum absolute atomic E-state index is 0. The molecular formula is C10H9FIrN3-. The van der Waals surface area contributed by atoms with E-state index < -0.39 is 6.67 Å². The van der Waals surface area contributed by atoms with Gasteiger partial charge in [-0.1, -0.05) is 25.3 Å². The van der Waals surface area contributed by atoms with Gasteiger partial charge in [-0.05, 0) is 11.8 Å². The summed E-state index contributed by atoms with van der Waals surface area (Å²) < 4.78 is 13.8. The van der Waals surface area contributed by atoms with Gasteiger partial charge < -0.3 is 4.68 Å². The van der Waals surface area contributed by atoms with E-state index in [2.05, 4.69) is 16.3 Å². The number of halogens is 1. The maximum atomic E-state index is 12.3. The van der Waals surface area contributed by atoms with Crippen LogP contribution in [0.1, 0.15) is 11.4 Å². The van der Waals surface area contributed by atoms with Gasteiger partial charge in [-0.2, -0.15) is 0 Å². The van der Waals surface area contributed by atoms with Crippen LogP contribution in [0.25, 0.3) is 5.82 Å². The van der Waals surface area contributed by atoms with Gasteiger partial charge in [0.25, 0.3) is 0 Å². The number of aryl methyl sites for hydroxylation is 1. The number of pyridine rings is 1. The van der Waals surface area contributed by atoms with Crippen molar-refractivity contribution in [1.29, 1.82) is 0 Å². The molecule has 0 saturated heterocycles. The molecule has 0 bridgehead atoms. The third kappa shape index (κ3) is 2.70. The van der Waals surface area contributed by atoms with E-state index in [0.29, 0.717) is 11.5 Å². The summed E-state index contributed by atoms with van der Waals surface area (Å²) in [5, 5.41) is 4.13. The molecule has 0 spiro atoms. The zero-order chi connectivity index (χ0) is 9.97. The zero-order valence-corrected chi connectivity index (χ0v) is 10.5. The molecule has 0 saturated carbocycles. The molecule has 1 radical (unpaired) electrons. The van der Waals surface area contributed by atoms with E-state index in [0.717, 1.165) is 5.69 Å². The molecule has 5 heteroatoms. The molecule has 3 nitrogen and oxygen atoms in total. The SMILES string of the molecule is Cc1c[c-]n(-c2cccc(CF)n2)n1.[Ir]. The smallest absolute Gasteiger partial charge is 0.130 e. The second kappa shape index (κ2) is 5.14. The van der Waals surface area contributed by atoms with Crippen molar-refractivity contribution in [3.05, 3.63) is 41.9 Å². The summed E-state index contributed by atoms with van der Waals surface area (Å²) in [6.07, 6.45) is 2.89. The monoisotopic (exact) mass is 383 g/mol. The number of hydrogen-bond donors (Lipinski definition) is 0. The minimum Gasteiger partial charge on any atom is -0.343 e. The molecule has 0 fully saturated rings. The molecule has 0 aliphatic rings. The maximum Gasteiger partial charge on any atom is 0.130 e. The molecule has 0 aromatic carbocycles. The van der Waals surface area contributed by atoms with Gasteiger partial charge in [-0.15, -0.1) is 6.07 Å². The first-order valence-corrected chi connectivity index (χ1v) is 4.26. The summed E-state index contributed by atoms with van der Waals surface area (Å²) in [7, 11) is 0. The van der Waals surface area contributed by atoms with E-state index in [1.54, 1.807) is 24.3 Å². The molecule has 15 heavy (non-hydrogen) atoms. The van der Waals surface area contributed by atoms with Crippen molar-refractivity contribution >= 4 is 0 Å². The Bertz CT molecular complexity index is 442. The molecule has 0 amide bonds. The van der Waals surface area contributed by atoms with Crippen LogP contribution in [-0.4, -0.2) is 14.8 Å². The van der Waals surface area contributed by atoms with Gasteiger partial charge in [0, 0.05) is 20.1 Å². The second-order valence-electron chi connectivity index (χ2n) is 2.95. The Balaban J connectivity index is 0.00000112. The van der Waals surface area contributed by atoms with E-state index >= 15 is 0 Å². The average molecular weight is 382 g/mol. The van der Waals surface area contributed by atoms with Gasteiger partial charge in [-0.25, -0.2) is 4.39 Å². The molecular weight excluding hydrogens is 373 g/mol. The van der Waals surface area contributed by atoms with Crippen LogP contribution in [0, 0.1) is 13.1 Å². The molecule has 0 N–H and O–H groups in total. The first kappa shape index (κ1) is 12.0. The Hall–Kier alpha value is -1.06. The summed E-state index contributed by atoms with van der Waals surface area (Å²) in [5.41, 5.74) is 1.27. The molecule has 2 heterocycles. The zero-order valence-electron chi connectivity index (χ0n) is 8.07. The number of nitrogens with zero attached hydrogens (tertiary/aromatic N) is 3. The predicted octanol–water partition coefficient (Wildman–Crippen LogP) is 1.84. The van der Waals surface area contributed by atoms with Gasteiger partial charge in [0.15, 0.2) is 0 Å². The summed E-state index contributed by atoms with van der Waals surface area (Å²) in [6.45, 7) is 1.31. The van der Waals surface area contributed by atoms with Crippen LogP contribution in [0.3, 0.4) is 0 Å². The quantitative estimate of drug-likeness (QED) is 0.743. The first-order chi connectivity index (χ1) is 6.79. The van der Waals surface area contributed by atoms with Crippen LogP contribution in [0.5, 0.6) is 0 Å². The van der Waals surface area contributed by atoms with Gasteiger partial charge in [-0.3, -0.25) is 10.1 Å². The molecule has 0 atom stereocenters. The van der Waals surface area contributed by atoms with E-state index in [4.69, 9.17) is 0 Å². The van der Waals surface area contributed by atoms with Gasteiger partial charge >= 0.3 is 0 Å². The van der Waals surface area contributed by atoms with Crippen molar-refractivity contribution in [2.24, 2.45) is 0 Å². The standard InChI is InChI=1S/C10H9FN3.Ir/c1-8-5-6-14(13-8)10-4-2-3-9(7-11)12-10;/h2-5H,7H2,1H3;/q-1;. The fraction of sp³-hybridized carbons (Fsp3) is 0.200. The largest absolute Gasteiger partial charge is 0.343 e. The van der Waals surface area contributed by atoms with Gasteiger partial charge in [0.2, 0.25) is 0 Å². The number of aromatic nitrogens is 3.